The minimum Gasteiger partial charge on any atom is -0.464 e. The van der Waals surface area contributed by atoms with Crippen LogP contribution in [0, 0.1) is 6.92 Å². The van der Waals surface area contributed by atoms with E-state index in [1.165, 1.54) is 0 Å². The smallest absolute Gasteiger partial charge is 0.123 e. The zero-order valence-electron chi connectivity index (χ0n) is 11.4. The number of aliphatic hydroxyl groups excluding tert-OH is 1. The van der Waals surface area contributed by atoms with Gasteiger partial charge in [0.25, 0.3) is 0 Å². The molecule has 1 N–H and O–H groups in total. The second-order valence-electron chi connectivity index (χ2n) is 4.75. The number of anilines is 1. The fourth-order valence-electron chi connectivity index (χ4n) is 1.99. The SMILES string of the molecule is Cc1ccc(CN(C)c2ccc(C(C)O)c(Cl)c2)o1. The standard InChI is InChI=1S/C15H18ClNO2/c1-10-4-6-13(19-10)9-17(3)12-5-7-14(11(2)18)15(16)8-12/h4-8,11,18H,9H2,1-3H3. The van der Waals surface area contributed by atoms with E-state index in [1.54, 1.807) is 6.92 Å². The molecule has 2 rings (SSSR count). The van der Waals surface area contributed by atoms with E-state index in [9.17, 15) is 5.11 Å². The Bertz CT molecular complexity index is 563. The summed E-state index contributed by atoms with van der Waals surface area (Å²) in [6.07, 6.45) is -0.556. The van der Waals surface area contributed by atoms with Crippen molar-refractivity contribution in [1.29, 1.82) is 0 Å². The molecule has 0 fully saturated rings. The van der Waals surface area contributed by atoms with Crippen molar-refractivity contribution in [3.8, 4) is 0 Å². The summed E-state index contributed by atoms with van der Waals surface area (Å²) in [5, 5.41) is 10.1. The number of halogens is 1. The molecule has 1 atom stereocenters. The molecular weight excluding hydrogens is 262 g/mol. The number of nitrogens with zero attached hydrogens (tertiary/aromatic N) is 1. The second kappa shape index (κ2) is 5.68. The maximum Gasteiger partial charge on any atom is 0.123 e. The van der Waals surface area contributed by atoms with E-state index in [0.717, 1.165) is 22.8 Å². The minimum absolute atomic E-state index is 0.556. The highest BCUT2D eigenvalue weighted by Crippen LogP contribution is 2.28. The van der Waals surface area contributed by atoms with Gasteiger partial charge in [0, 0.05) is 17.8 Å². The molecule has 0 radical (unpaired) electrons. The molecular formula is C15H18ClNO2. The average Bonchev–Trinajstić information content (AvgIpc) is 2.74. The van der Waals surface area contributed by atoms with E-state index in [4.69, 9.17) is 16.0 Å². The van der Waals surface area contributed by atoms with Gasteiger partial charge < -0.3 is 14.4 Å². The van der Waals surface area contributed by atoms with Crippen molar-refractivity contribution in [2.24, 2.45) is 0 Å². The predicted octanol–water partition coefficient (Wildman–Crippen LogP) is 3.93. The lowest BCUT2D eigenvalue weighted by Gasteiger charge is -2.19. The lowest BCUT2D eigenvalue weighted by molar-refractivity contribution is 0.199. The van der Waals surface area contributed by atoms with Gasteiger partial charge in [-0.2, -0.15) is 0 Å². The number of furan rings is 1. The number of hydrogen-bond donors (Lipinski definition) is 1. The Hall–Kier alpha value is -1.45. The zero-order chi connectivity index (χ0) is 14.0. The molecule has 0 bridgehead atoms. The molecule has 0 spiro atoms. The lowest BCUT2D eigenvalue weighted by atomic mass is 10.1. The summed E-state index contributed by atoms with van der Waals surface area (Å²) in [4.78, 5) is 2.05. The van der Waals surface area contributed by atoms with Crippen LogP contribution in [0.4, 0.5) is 5.69 Å². The Morgan fingerprint density at radius 3 is 2.58 bits per heavy atom. The summed E-state index contributed by atoms with van der Waals surface area (Å²) < 4.78 is 5.55. The molecule has 0 aliphatic carbocycles. The van der Waals surface area contributed by atoms with Gasteiger partial charge in [0.15, 0.2) is 0 Å². The summed E-state index contributed by atoms with van der Waals surface area (Å²) in [5.41, 5.74) is 1.73. The van der Waals surface area contributed by atoms with Crippen LogP contribution in [-0.2, 0) is 6.54 Å². The molecule has 2 aromatic rings. The molecule has 1 aromatic heterocycles. The molecule has 102 valence electrons. The zero-order valence-corrected chi connectivity index (χ0v) is 12.1. The Kier molecular flexibility index (Phi) is 4.17. The van der Waals surface area contributed by atoms with Gasteiger partial charge in [0.05, 0.1) is 12.6 Å². The summed E-state index contributed by atoms with van der Waals surface area (Å²) in [6, 6.07) is 9.58. The van der Waals surface area contributed by atoms with Crippen molar-refractivity contribution in [3.63, 3.8) is 0 Å². The highest BCUT2D eigenvalue weighted by molar-refractivity contribution is 6.31. The summed E-state index contributed by atoms with van der Waals surface area (Å²) in [6.45, 7) is 4.31. The van der Waals surface area contributed by atoms with Crippen molar-refractivity contribution in [3.05, 3.63) is 52.4 Å². The fraction of sp³-hybridized carbons (Fsp3) is 0.333. The third kappa shape index (κ3) is 3.31. The van der Waals surface area contributed by atoms with Crippen LogP contribution in [0.1, 0.15) is 30.1 Å². The fourth-order valence-corrected chi connectivity index (χ4v) is 2.32. The van der Waals surface area contributed by atoms with Crippen LogP contribution in [0.25, 0.3) is 0 Å². The van der Waals surface area contributed by atoms with Crippen molar-refractivity contribution in [2.75, 3.05) is 11.9 Å². The topological polar surface area (TPSA) is 36.6 Å². The first-order valence-corrected chi connectivity index (χ1v) is 6.59. The Morgan fingerprint density at radius 1 is 1.32 bits per heavy atom. The first-order valence-electron chi connectivity index (χ1n) is 6.21. The largest absolute Gasteiger partial charge is 0.464 e. The van der Waals surface area contributed by atoms with Crippen LogP contribution in [-0.4, -0.2) is 12.2 Å². The van der Waals surface area contributed by atoms with E-state index in [2.05, 4.69) is 4.90 Å². The van der Waals surface area contributed by atoms with Gasteiger partial charge in [-0.15, -0.1) is 0 Å². The van der Waals surface area contributed by atoms with E-state index in [-0.39, 0.29) is 0 Å². The Morgan fingerprint density at radius 2 is 2.05 bits per heavy atom. The highest BCUT2D eigenvalue weighted by Gasteiger charge is 2.10. The predicted molar refractivity (Wildman–Crippen MR) is 77.6 cm³/mol. The van der Waals surface area contributed by atoms with Crippen LogP contribution in [0.3, 0.4) is 0 Å². The average molecular weight is 280 g/mol. The van der Waals surface area contributed by atoms with Crippen LogP contribution >= 0.6 is 11.6 Å². The van der Waals surface area contributed by atoms with Crippen molar-refractivity contribution in [2.45, 2.75) is 26.5 Å². The molecule has 19 heavy (non-hydrogen) atoms. The first-order chi connectivity index (χ1) is 8.97. The highest BCUT2D eigenvalue weighted by atomic mass is 35.5. The van der Waals surface area contributed by atoms with Crippen LogP contribution in [0.2, 0.25) is 5.02 Å². The molecule has 0 saturated carbocycles. The van der Waals surface area contributed by atoms with Gasteiger partial charge in [-0.3, -0.25) is 0 Å². The molecule has 1 unspecified atom stereocenters. The molecule has 0 aliphatic rings. The lowest BCUT2D eigenvalue weighted by Crippen LogP contribution is -2.16. The van der Waals surface area contributed by atoms with E-state index >= 15 is 0 Å². The normalized spacial score (nSPS) is 12.5. The van der Waals surface area contributed by atoms with Crippen LogP contribution < -0.4 is 4.90 Å². The number of rotatable bonds is 4. The Balaban J connectivity index is 2.15. The van der Waals surface area contributed by atoms with E-state index in [1.807, 2.05) is 44.3 Å². The molecule has 0 saturated heterocycles. The number of aryl methyl sites for hydroxylation is 1. The van der Waals surface area contributed by atoms with Gasteiger partial charge in [-0.05, 0) is 43.7 Å². The van der Waals surface area contributed by atoms with Gasteiger partial charge in [-0.1, -0.05) is 17.7 Å². The molecule has 0 amide bonds. The third-order valence-electron chi connectivity index (χ3n) is 3.06. The van der Waals surface area contributed by atoms with Gasteiger partial charge in [0.2, 0.25) is 0 Å². The number of benzene rings is 1. The van der Waals surface area contributed by atoms with Crippen LogP contribution in [0.5, 0.6) is 0 Å². The van der Waals surface area contributed by atoms with E-state index < -0.39 is 6.10 Å². The number of hydrogen-bond acceptors (Lipinski definition) is 3. The molecule has 3 nitrogen and oxygen atoms in total. The van der Waals surface area contributed by atoms with Crippen molar-refractivity contribution < 1.29 is 9.52 Å². The second-order valence-corrected chi connectivity index (χ2v) is 5.16. The van der Waals surface area contributed by atoms with Gasteiger partial charge in [0.1, 0.15) is 11.5 Å². The molecule has 4 heteroatoms. The van der Waals surface area contributed by atoms with Crippen molar-refractivity contribution in [1.82, 2.24) is 0 Å². The molecule has 1 heterocycles. The minimum atomic E-state index is -0.556. The monoisotopic (exact) mass is 279 g/mol. The summed E-state index contributed by atoms with van der Waals surface area (Å²) in [5.74, 6) is 1.82. The van der Waals surface area contributed by atoms with Gasteiger partial charge >= 0.3 is 0 Å². The maximum atomic E-state index is 9.56. The number of aliphatic hydroxyl groups is 1. The maximum absolute atomic E-state index is 9.56. The first kappa shape index (κ1) is 14.0. The van der Waals surface area contributed by atoms with Crippen molar-refractivity contribution >= 4 is 17.3 Å². The molecule has 0 aliphatic heterocycles. The summed E-state index contributed by atoms with van der Waals surface area (Å²) in [7, 11) is 1.98. The quantitative estimate of drug-likeness (QED) is 0.921. The van der Waals surface area contributed by atoms with Gasteiger partial charge in [-0.25, -0.2) is 0 Å². The third-order valence-corrected chi connectivity index (χ3v) is 3.39. The summed E-state index contributed by atoms with van der Waals surface area (Å²) >= 11 is 6.17. The van der Waals surface area contributed by atoms with E-state index in [0.29, 0.717) is 11.6 Å². The Labute approximate surface area is 118 Å². The molecule has 1 aromatic carbocycles. The van der Waals surface area contributed by atoms with Crippen LogP contribution in [0.15, 0.2) is 34.7 Å².